The van der Waals surface area contributed by atoms with Crippen LogP contribution in [0.3, 0.4) is 0 Å². The van der Waals surface area contributed by atoms with Crippen molar-refractivity contribution in [2.24, 2.45) is 0 Å². The van der Waals surface area contributed by atoms with E-state index in [1.54, 1.807) is 0 Å². The van der Waals surface area contributed by atoms with Gasteiger partial charge in [-0.1, -0.05) is 26.2 Å². The number of nitrogens with one attached hydrogen (secondary N) is 1. The zero-order valence-corrected chi connectivity index (χ0v) is 12.6. The van der Waals surface area contributed by atoms with Gasteiger partial charge >= 0.3 is 0 Å². The molecule has 18 heavy (non-hydrogen) atoms. The zero-order valence-electron chi connectivity index (χ0n) is 11.8. The first-order chi connectivity index (χ1) is 8.69. The van der Waals surface area contributed by atoms with E-state index in [0.717, 1.165) is 12.8 Å². The fourth-order valence-electron chi connectivity index (χ4n) is 3.38. The molecule has 1 saturated heterocycles. The fourth-order valence-corrected chi connectivity index (χ4v) is 4.36. The lowest BCUT2D eigenvalue weighted by Gasteiger charge is -2.40. The Balaban J connectivity index is 2.14. The molecule has 4 unspecified atom stereocenters. The van der Waals surface area contributed by atoms with Gasteiger partial charge in [-0.2, -0.15) is 11.8 Å². The minimum absolute atomic E-state index is 0.00554. The van der Waals surface area contributed by atoms with Crippen LogP contribution in [-0.2, 0) is 4.79 Å². The third kappa shape index (κ3) is 2.69. The van der Waals surface area contributed by atoms with Crippen LogP contribution in [0.2, 0.25) is 0 Å². The molecule has 0 aromatic rings. The summed E-state index contributed by atoms with van der Waals surface area (Å²) in [6.45, 7) is 4.20. The Labute approximate surface area is 115 Å². The maximum atomic E-state index is 12.4. The van der Waals surface area contributed by atoms with Crippen molar-refractivity contribution in [2.75, 3.05) is 6.26 Å². The Morgan fingerprint density at radius 3 is 2.78 bits per heavy atom. The molecule has 2 fully saturated rings. The smallest absolute Gasteiger partial charge is 0.241 e. The topological polar surface area (TPSA) is 32.3 Å². The van der Waals surface area contributed by atoms with Gasteiger partial charge in [0.05, 0.1) is 12.2 Å². The molecule has 0 spiro atoms. The second kappa shape index (κ2) is 6.29. The first-order valence-corrected chi connectivity index (χ1v) is 8.58. The summed E-state index contributed by atoms with van der Waals surface area (Å²) in [7, 11) is 0. The molecule has 0 radical (unpaired) electrons. The van der Waals surface area contributed by atoms with Crippen molar-refractivity contribution >= 4 is 17.7 Å². The molecule has 0 aromatic heterocycles. The van der Waals surface area contributed by atoms with Gasteiger partial charge in [0.2, 0.25) is 5.91 Å². The highest BCUT2D eigenvalue weighted by molar-refractivity contribution is 7.99. The number of hydrogen-bond donors (Lipinski definition) is 1. The van der Waals surface area contributed by atoms with Crippen LogP contribution in [0.5, 0.6) is 0 Å². The van der Waals surface area contributed by atoms with E-state index >= 15 is 0 Å². The van der Waals surface area contributed by atoms with Gasteiger partial charge in [-0.25, -0.2) is 0 Å². The van der Waals surface area contributed by atoms with Gasteiger partial charge in [0.15, 0.2) is 0 Å². The Hall–Kier alpha value is -0.220. The molecule has 1 saturated carbocycles. The summed E-state index contributed by atoms with van der Waals surface area (Å²) in [5, 5.41) is 4.10. The van der Waals surface area contributed by atoms with Crippen LogP contribution in [0.25, 0.3) is 0 Å². The van der Waals surface area contributed by atoms with E-state index in [4.69, 9.17) is 0 Å². The van der Waals surface area contributed by atoms with Crippen LogP contribution in [-0.4, -0.2) is 40.6 Å². The second-order valence-corrected chi connectivity index (χ2v) is 6.64. The average molecular weight is 270 g/mol. The molecule has 4 heteroatoms. The molecular formula is C14H26N2OS. The van der Waals surface area contributed by atoms with Crippen LogP contribution in [0.4, 0.5) is 0 Å². The van der Waals surface area contributed by atoms with E-state index in [0.29, 0.717) is 17.2 Å². The van der Waals surface area contributed by atoms with Crippen LogP contribution in [0, 0.1) is 0 Å². The molecule has 0 aromatic carbocycles. The molecular weight excluding hydrogens is 244 g/mol. The van der Waals surface area contributed by atoms with Crippen molar-refractivity contribution in [1.82, 2.24) is 10.2 Å². The highest BCUT2D eigenvalue weighted by Crippen LogP contribution is 2.34. The number of thioether (sulfide) groups is 1. The third-order valence-electron chi connectivity index (χ3n) is 4.29. The van der Waals surface area contributed by atoms with Crippen molar-refractivity contribution in [3.05, 3.63) is 0 Å². The molecule has 1 aliphatic carbocycles. The molecule has 1 amide bonds. The summed E-state index contributed by atoms with van der Waals surface area (Å²) in [6, 6.07) is 0.459. The van der Waals surface area contributed by atoms with E-state index in [2.05, 4.69) is 23.4 Å². The zero-order chi connectivity index (χ0) is 13.1. The SMILES string of the molecule is CCCC1NC(C)C(=O)N1C1CCCCC1SC. The maximum Gasteiger partial charge on any atom is 0.241 e. The third-order valence-corrected chi connectivity index (χ3v) is 5.45. The van der Waals surface area contributed by atoms with E-state index in [-0.39, 0.29) is 12.2 Å². The van der Waals surface area contributed by atoms with Gasteiger partial charge in [-0.05, 0) is 32.4 Å². The van der Waals surface area contributed by atoms with E-state index in [1.807, 2.05) is 18.7 Å². The monoisotopic (exact) mass is 270 g/mol. The fraction of sp³-hybridized carbons (Fsp3) is 0.929. The number of carbonyl (C=O) groups is 1. The lowest BCUT2D eigenvalue weighted by Crippen LogP contribution is -2.50. The van der Waals surface area contributed by atoms with Crippen LogP contribution < -0.4 is 5.32 Å². The first kappa shape index (κ1) is 14.2. The summed E-state index contributed by atoms with van der Waals surface area (Å²) in [4.78, 5) is 14.6. The van der Waals surface area contributed by atoms with Crippen molar-refractivity contribution in [3.63, 3.8) is 0 Å². The number of hydrogen-bond acceptors (Lipinski definition) is 3. The summed E-state index contributed by atoms with van der Waals surface area (Å²) in [5.74, 6) is 0.319. The number of rotatable bonds is 4. The molecule has 1 aliphatic heterocycles. The minimum atomic E-state index is 0.00554. The van der Waals surface area contributed by atoms with Crippen molar-refractivity contribution in [1.29, 1.82) is 0 Å². The van der Waals surface area contributed by atoms with Gasteiger partial charge < -0.3 is 4.90 Å². The predicted octanol–water partition coefficient (Wildman–Crippen LogP) is 2.61. The van der Waals surface area contributed by atoms with Crippen molar-refractivity contribution < 1.29 is 4.79 Å². The van der Waals surface area contributed by atoms with Gasteiger partial charge in [0, 0.05) is 11.3 Å². The molecule has 1 N–H and O–H groups in total. The van der Waals surface area contributed by atoms with Crippen LogP contribution in [0.15, 0.2) is 0 Å². The second-order valence-electron chi connectivity index (χ2n) is 5.56. The standard InChI is InChI=1S/C14H26N2OS/c1-4-7-13-15-10(2)14(17)16(13)11-8-5-6-9-12(11)18-3/h10-13,15H,4-9H2,1-3H3. The van der Waals surface area contributed by atoms with E-state index < -0.39 is 0 Å². The summed E-state index contributed by atoms with van der Waals surface area (Å²) in [5.41, 5.74) is 0. The molecule has 2 rings (SSSR count). The highest BCUT2D eigenvalue weighted by atomic mass is 32.2. The van der Waals surface area contributed by atoms with Gasteiger partial charge in [-0.3, -0.25) is 10.1 Å². The molecule has 2 aliphatic rings. The van der Waals surface area contributed by atoms with Crippen molar-refractivity contribution in [3.8, 4) is 0 Å². The number of nitrogens with zero attached hydrogens (tertiary/aromatic N) is 1. The normalized spacial score (nSPS) is 37.3. The lowest BCUT2D eigenvalue weighted by atomic mass is 9.93. The summed E-state index contributed by atoms with van der Waals surface area (Å²) >= 11 is 1.94. The Morgan fingerprint density at radius 2 is 2.11 bits per heavy atom. The Morgan fingerprint density at radius 1 is 1.39 bits per heavy atom. The average Bonchev–Trinajstić information content (AvgIpc) is 2.65. The number of carbonyl (C=O) groups excluding carboxylic acids is 1. The largest absolute Gasteiger partial charge is 0.322 e. The summed E-state index contributed by atoms with van der Waals surface area (Å²) in [6.07, 6.45) is 9.72. The Bertz CT molecular complexity index is 298. The quantitative estimate of drug-likeness (QED) is 0.852. The van der Waals surface area contributed by atoms with E-state index in [9.17, 15) is 4.79 Å². The van der Waals surface area contributed by atoms with Crippen molar-refractivity contribution in [2.45, 2.75) is 75.9 Å². The van der Waals surface area contributed by atoms with Gasteiger partial charge in [0.25, 0.3) is 0 Å². The van der Waals surface area contributed by atoms with Crippen LogP contribution in [0.1, 0.15) is 52.4 Å². The molecule has 4 atom stereocenters. The summed E-state index contributed by atoms with van der Waals surface area (Å²) < 4.78 is 0. The highest BCUT2D eigenvalue weighted by Gasteiger charge is 2.42. The Kier molecular flexibility index (Phi) is 4.96. The van der Waals surface area contributed by atoms with Crippen LogP contribution >= 0.6 is 11.8 Å². The molecule has 104 valence electrons. The number of amides is 1. The molecule has 3 nitrogen and oxygen atoms in total. The van der Waals surface area contributed by atoms with E-state index in [1.165, 1.54) is 25.7 Å². The first-order valence-electron chi connectivity index (χ1n) is 7.30. The predicted molar refractivity (Wildman–Crippen MR) is 77.7 cm³/mol. The maximum absolute atomic E-state index is 12.4. The van der Waals surface area contributed by atoms with Gasteiger partial charge in [0.1, 0.15) is 0 Å². The lowest BCUT2D eigenvalue weighted by molar-refractivity contribution is -0.132. The minimum Gasteiger partial charge on any atom is -0.322 e. The van der Waals surface area contributed by atoms with Gasteiger partial charge in [-0.15, -0.1) is 0 Å². The molecule has 1 heterocycles. The molecule has 0 bridgehead atoms.